The van der Waals surface area contributed by atoms with Crippen molar-refractivity contribution in [3.05, 3.63) is 187 Å². The van der Waals surface area contributed by atoms with E-state index < -0.39 is 8.07 Å². The Morgan fingerprint density at radius 1 is 0.523 bits per heavy atom. The van der Waals surface area contributed by atoms with Crippen LogP contribution >= 0.6 is 0 Å². The first kappa shape index (κ1) is 28.7. The average molecular weight is 584 g/mol. The number of aromatic nitrogens is 3. The van der Waals surface area contributed by atoms with Gasteiger partial charge in [0.1, 0.15) is 0 Å². The molecule has 212 valence electrons. The topological polar surface area (TPSA) is 38.7 Å². The van der Waals surface area contributed by atoms with Crippen molar-refractivity contribution < 1.29 is 0 Å². The predicted octanol–water partition coefficient (Wildman–Crippen LogP) is 7.43. The van der Waals surface area contributed by atoms with Gasteiger partial charge in [-0.3, -0.25) is 0 Å². The molecular formula is C40H33N3Si. The van der Waals surface area contributed by atoms with Crippen molar-refractivity contribution >= 4 is 29.2 Å². The van der Waals surface area contributed by atoms with Crippen LogP contribution in [0.2, 0.25) is 0 Å². The van der Waals surface area contributed by atoms with Crippen molar-refractivity contribution in [2.45, 2.75) is 6.92 Å². The lowest BCUT2D eigenvalue weighted by atomic mass is 10.1. The largest absolute Gasteiger partial charge is 0.209 e. The third kappa shape index (κ3) is 5.89. The van der Waals surface area contributed by atoms with Gasteiger partial charge in [0.2, 0.25) is 0 Å². The van der Waals surface area contributed by atoms with E-state index in [-0.39, 0.29) is 0 Å². The maximum absolute atomic E-state index is 4.88. The Labute approximate surface area is 260 Å². The maximum Gasteiger partial charge on any atom is 0.179 e. The van der Waals surface area contributed by atoms with E-state index in [1.807, 2.05) is 67.6 Å². The highest BCUT2D eigenvalue weighted by Crippen LogP contribution is 2.23. The Morgan fingerprint density at radius 2 is 0.886 bits per heavy atom. The van der Waals surface area contributed by atoms with Crippen molar-refractivity contribution in [1.82, 2.24) is 15.0 Å². The quantitative estimate of drug-likeness (QED) is 0.101. The summed E-state index contributed by atoms with van der Waals surface area (Å²) < 4.78 is 0. The average Bonchev–Trinajstić information content (AvgIpc) is 3.10. The summed E-state index contributed by atoms with van der Waals surface area (Å²) in [5, 5.41) is 4.98. The van der Waals surface area contributed by atoms with Crippen molar-refractivity contribution in [2.75, 3.05) is 0 Å². The first-order chi connectivity index (χ1) is 21.7. The Hall–Kier alpha value is -5.45. The molecule has 0 bridgehead atoms. The molecule has 0 aliphatic carbocycles. The van der Waals surface area contributed by atoms with E-state index in [1.165, 1.54) is 15.6 Å². The van der Waals surface area contributed by atoms with Crippen LogP contribution in [0.5, 0.6) is 0 Å². The molecule has 44 heavy (non-hydrogen) atoms. The first-order valence-corrected chi connectivity index (χ1v) is 16.7. The van der Waals surface area contributed by atoms with E-state index in [1.54, 1.807) is 0 Å². The second-order valence-electron chi connectivity index (χ2n) is 10.6. The van der Waals surface area contributed by atoms with Crippen LogP contribution in [-0.2, 0) is 0 Å². The number of nitrogens with zero attached hydrogens (tertiary/aromatic N) is 3. The second-order valence-corrected chi connectivity index (χ2v) is 14.5. The zero-order valence-electron chi connectivity index (χ0n) is 24.7. The lowest BCUT2D eigenvalue weighted by Crippen LogP contribution is -2.68. The van der Waals surface area contributed by atoms with E-state index in [4.69, 9.17) is 21.5 Å². The third-order valence-corrected chi connectivity index (χ3v) is 12.5. The minimum Gasteiger partial charge on any atom is -0.209 e. The highest BCUT2D eigenvalue weighted by atomic mass is 28.3. The van der Waals surface area contributed by atoms with E-state index in [9.17, 15) is 0 Å². The van der Waals surface area contributed by atoms with Crippen molar-refractivity contribution in [2.24, 2.45) is 0 Å². The SMILES string of the molecule is C=C(/C=C\C=C(/C)c1nc(-c2ccccc2)nc(-c2ccccc2)n1)[Si](c1ccccc1)(c1ccccc1)c1ccccc1. The summed E-state index contributed by atoms with van der Waals surface area (Å²) in [6.07, 6.45) is 6.33. The van der Waals surface area contributed by atoms with Gasteiger partial charge in [0, 0.05) is 11.1 Å². The van der Waals surface area contributed by atoms with Crippen LogP contribution in [0.25, 0.3) is 28.3 Å². The minimum atomic E-state index is -2.64. The summed E-state index contributed by atoms with van der Waals surface area (Å²) in [6, 6.07) is 52.5. The van der Waals surface area contributed by atoms with E-state index in [0.717, 1.165) is 21.9 Å². The summed E-state index contributed by atoms with van der Waals surface area (Å²) in [4.78, 5) is 14.6. The molecule has 0 saturated carbocycles. The van der Waals surface area contributed by atoms with Gasteiger partial charge in [-0.15, -0.1) is 0 Å². The van der Waals surface area contributed by atoms with Crippen molar-refractivity contribution in [3.63, 3.8) is 0 Å². The maximum atomic E-state index is 4.88. The Kier molecular flexibility index (Phi) is 8.62. The summed E-state index contributed by atoms with van der Waals surface area (Å²) in [7, 11) is -2.64. The molecule has 0 aliphatic rings. The lowest BCUT2D eigenvalue weighted by Gasteiger charge is -2.34. The highest BCUT2D eigenvalue weighted by molar-refractivity contribution is 7.16. The molecule has 3 nitrogen and oxygen atoms in total. The predicted molar refractivity (Wildman–Crippen MR) is 187 cm³/mol. The van der Waals surface area contributed by atoms with Crippen LogP contribution in [0.15, 0.2) is 182 Å². The zero-order chi connectivity index (χ0) is 30.2. The number of hydrogen-bond acceptors (Lipinski definition) is 3. The number of allylic oxidation sites excluding steroid dienone is 5. The molecule has 0 spiro atoms. The van der Waals surface area contributed by atoms with Gasteiger partial charge in [-0.05, 0) is 28.1 Å². The number of hydrogen-bond donors (Lipinski definition) is 0. The van der Waals surface area contributed by atoms with Gasteiger partial charge in [0.25, 0.3) is 0 Å². The molecule has 0 radical (unpaired) electrons. The number of benzene rings is 5. The van der Waals surface area contributed by atoms with Gasteiger partial charge in [-0.25, -0.2) is 15.0 Å². The van der Waals surface area contributed by atoms with Gasteiger partial charge in [0.15, 0.2) is 25.5 Å². The fourth-order valence-electron chi connectivity index (χ4n) is 5.61. The third-order valence-electron chi connectivity index (χ3n) is 7.80. The molecule has 1 heterocycles. The molecule has 0 unspecified atom stereocenters. The first-order valence-electron chi connectivity index (χ1n) is 14.7. The van der Waals surface area contributed by atoms with Crippen LogP contribution in [0.4, 0.5) is 0 Å². The molecule has 0 saturated heterocycles. The molecule has 0 amide bonds. The molecular weight excluding hydrogens is 551 g/mol. The van der Waals surface area contributed by atoms with Crippen molar-refractivity contribution in [3.8, 4) is 22.8 Å². The zero-order valence-corrected chi connectivity index (χ0v) is 25.7. The van der Waals surface area contributed by atoms with Gasteiger partial charge in [-0.1, -0.05) is 182 Å². The molecule has 6 aromatic rings. The summed E-state index contributed by atoms with van der Waals surface area (Å²) in [6.45, 7) is 6.78. The van der Waals surface area contributed by atoms with Gasteiger partial charge < -0.3 is 0 Å². The molecule has 6 rings (SSSR count). The van der Waals surface area contributed by atoms with Gasteiger partial charge >= 0.3 is 0 Å². The van der Waals surface area contributed by atoms with E-state index in [0.29, 0.717) is 17.5 Å². The molecule has 1 aromatic heterocycles. The molecule has 0 aliphatic heterocycles. The standard InChI is InChI=1S/C40H33N3Si/c1-31(38-41-39(33-21-8-3-9-22-33)43-40(42-38)34-23-10-4-11-24-34)19-18-20-32(2)44(35-25-12-5-13-26-35,36-27-14-6-15-28-36)37-29-16-7-17-30-37/h3-30H,2H2,1H3/b20-18-,31-19+. The van der Waals surface area contributed by atoms with Crippen LogP contribution in [0.3, 0.4) is 0 Å². The van der Waals surface area contributed by atoms with E-state index >= 15 is 0 Å². The molecule has 0 N–H and O–H groups in total. The summed E-state index contributed by atoms with van der Waals surface area (Å²) >= 11 is 0. The minimum absolute atomic E-state index is 0.644. The Balaban J connectivity index is 1.42. The van der Waals surface area contributed by atoms with Crippen LogP contribution < -0.4 is 15.6 Å². The van der Waals surface area contributed by atoms with Crippen LogP contribution in [-0.4, -0.2) is 23.0 Å². The molecule has 0 atom stereocenters. The monoisotopic (exact) mass is 583 g/mol. The highest BCUT2D eigenvalue weighted by Gasteiger charge is 2.41. The van der Waals surface area contributed by atoms with Crippen LogP contribution in [0, 0.1) is 0 Å². The summed E-state index contributed by atoms with van der Waals surface area (Å²) in [5.41, 5.74) is 2.85. The molecule has 0 fully saturated rings. The lowest BCUT2D eigenvalue weighted by molar-refractivity contribution is 1.03. The molecule has 4 heteroatoms. The van der Waals surface area contributed by atoms with E-state index in [2.05, 4.69) is 109 Å². The normalized spacial score (nSPS) is 11.9. The second kappa shape index (κ2) is 13.2. The fraction of sp³-hybridized carbons (Fsp3) is 0.0250. The molecule has 5 aromatic carbocycles. The summed E-state index contributed by atoms with van der Waals surface area (Å²) in [5.74, 6) is 1.95. The Bertz CT molecular complexity index is 1750. The number of rotatable bonds is 9. The van der Waals surface area contributed by atoms with Crippen molar-refractivity contribution in [1.29, 1.82) is 0 Å². The smallest absolute Gasteiger partial charge is 0.179 e. The van der Waals surface area contributed by atoms with Gasteiger partial charge in [-0.2, -0.15) is 0 Å². The fourth-order valence-corrected chi connectivity index (χ4v) is 10.1. The van der Waals surface area contributed by atoms with Crippen LogP contribution in [0.1, 0.15) is 12.7 Å². The van der Waals surface area contributed by atoms with Gasteiger partial charge in [0.05, 0.1) is 0 Å². The Morgan fingerprint density at radius 3 is 1.27 bits per heavy atom.